The van der Waals surface area contributed by atoms with E-state index < -0.39 is 5.97 Å². The topological polar surface area (TPSA) is 26.3 Å². The summed E-state index contributed by atoms with van der Waals surface area (Å²) in [4.78, 5) is 10.8. The molecule has 0 saturated heterocycles. The van der Waals surface area contributed by atoms with Gasteiger partial charge in [-0.15, -0.1) is 0 Å². The van der Waals surface area contributed by atoms with Gasteiger partial charge in [-0.2, -0.15) is 0 Å². The second-order valence-electron chi connectivity index (χ2n) is 1.90. The second kappa shape index (κ2) is 3.65. The summed E-state index contributed by atoms with van der Waals surface area (Å²) in [5.74, 6) is -0.817. The zero-order chi connectivity index (χ0) is 8.27. The molecule has 0 saturated carbocycles. The van der Waals surface area contributed by atoms with E-state index in [1.54, 1.807) is 0 Å². The standard InChI is InChI=1S/C7H5FO2.Ti/c8-6-3-1-5(2-4-6)7(9)10;/h1-4H,(H,9,10);/q;+1/p-1. The van der Waals surface area contributed by atoms with Crippen LogP contribution in [0.3, 0.4) is 0 Å². The molecule has 0 aliphatic carbocycles. The molecule has 0 spiro atoms. The molecule has 0 radical (unpaired) electrons. The molecule has 0 heterocycles. The molecule has 1 rings (SSSR count). The average Bonchev–Trinajstić information content (AvgIpc) is 2.05. The van der Waals surface area contributed by atoms with Crippen LogP contribution >= 0.6 is 0 Å². The zero-order valence-electron chi connectivity index (χ0n) is 5.50. The predicted molar refractivity (Wildman–Crippen MR) is 31.8 cm³/mol. The van der Waals surface area contributed by atoms with Gasteiger partial charge in [0.15, 0.2) is 0 Å². The van der Waals surface area contributed by atoms with Gasteiger partial charge in [0.2, 0.25) is 0 Å². The summed E-state index contributed by atoms with van der Waals surface area (Å²) >= 11 is 1.28. The number of rotatable bonds is 1. The molecule has 2 nitrogen and oxygen atoms in total. The number of hydrogen-bond acceptors (Lipinski definition) is 2. The summed E-state index contributed by atoms with van der Waals surface area (Å²) in [5, 5.41) is 0. The van der Waals surface area contributed by atoms with Crippen LogP contribution in [0.2, 0.25) is 0 Å². The number of benzene rings is 1. The van der Waals surface area contributed by atoms with Crippen molar-refractivity contribution in [1.29, 1.82) is 0 Å². The molecule has 55 valence electrons. The van der Waals surface area contributed by atoms with Gasteiger partial charge in [0, 0.05) is 0 Å². The van der Waals surface area contributed by atoms with Crippen LogP contribution in [0.15, 0.2) is 24.3 Å². The Kier molecular flexibility index (Phi) is 2.79. The molecular weight excluding hydrogens is 183 g/mol. The molecule has 0 amide bonds. The van der Waals surface area contributed by atoms with Crippen molar-refractivity contribution in [3.63, 3.8) is 0 Å². The Labute approximate surface area is 75.2 Å². The van der Waals surface area contributed by atoms with Gasteiger partial charge in [0.25, 0.3) is 0 Å². The first-order valence-corrected chi connectivity index (χ1v) is 3.51. The van der Waals surface area contributed by atoms with E-state index in [0.717, 1.165) is 0 Å². The van der Waals surface area contributed by atoms with Crippen LogP contribution in [0.1, 0.15) is 10.4 Å². The monoisotopic (exact) mass is 187 g/mol. The van der Waals surface area contributed by atoms with E-state index in [2.05, 4.69) is 3.32 Å². The van der Waals surface area contributed by atoms with Gasteiger partial charge in [-0.05, 0) is 0 Å². The summed E-state index contributed by atoms with van der Waals surface area (Å²) in [6.45, 7) is 0. The van der Waals surface area contributed by atoms with Crippen molar-refractivity contribution >= 4 is 5.97 Å². The summed E-state index contributed by atoms with van der Waals surface area (Å²) in [7, 11) is 0. The Hall–Kier alpha value is -0.666. The summed E-state index contributed by atoms with van der Waals surface area (Å²) in [6.07, 6.45) is 0. The van der Waals surface area contributed by atoms with Gasteiger partial charge >= 0.3 is 74.9 Å². The third-order valence-corrected chi connectivity index (χ3v) is 1.46. The molecule has 0 atom stereocenters. The zero-order valence-corrected chi connectivity index (χ0v) is 7.07. The van der Waals surface area contributed by atoms with Gasteiger partial charge in [-0.1, -0.05) is 0 Å². The second-order valence-corrected chi connectivity index (χ2v) is 2.22. The van der Waals surface area contributed by atoms with Crippen LogP contribution in [0.25, 0.3) is 0 Å². The summed E-state index contributed by atoms with van der Waals surface area (Å²) < 4.78 is 16.7. The molecular formula is C7H4FO2Ti. The normalized spacial score (nSPS) is 9.09. The maximum atomic E-state index is 12.3. The maximum absolute atomic E-state index is 12.3. The summed E-state index contributed by atoms with van der Waals surface area (Å²) in [5.41, 5.74) is 0.355. The van der Waals surface area contributed by atoms with E-state index in [-0.39, 0.29) is 5.82 Å². The Morgan fingerprint density at radius 2 is 1.91 bits per heavy atom. The molecule has 11 heavy (non-hydrogen) atoms. The van der Waals surface area contributed by atoms with E-state index in [0.29, 0.717) is 5.56 Å². The van der Waals surface area contributed by atoms with Gasteiger partial charge in [0.05, 0.1) is 0 Å². The molecule has 0 fully saturated rings. The van der Waals surface area contributed by atoms with Crippen LogP contribution in [0.5, 0.6) is 0 Å². The molecule has 1 aromatic carbocycles. The number of carbonyl (C=O) groups is 1. The number of hydrogen-bond donors (Lipinski definition) is 0. The quantitative estimate of drug-likeness (QED) is 0.621. The van der Waals surface area contributed by atoms with Crippen molar-refractivity contribution in [3.05, 3.63) is 35.6 Å². The first-order chi connectivity index (χ1) is 5.24. The number of carbonyl (C=O) groups excluding carboxylic acids is 1. The third kappa shape index (κ3) is 2.14. The molecule has 0 aliphatic heterocycles. The molecule has 0 aliphatic rings. The predicted octanol–water partition coefficient (Wildman–Crippen LogP) is 1.44. The first-order valence-electron chi connectivity index (χ1n) is 2.87. The van der Waals surface area contributed by atoms with E-state index in [1.165, 1.54) is 45.1 Å². The third-order valence-electron chi connectivity index (χ3n) is 1.17. The fourth-order valence-corrected chi connectivity index (χ4v) is 0.829. The van der Waals surface area contributed by atoms with E-state index in [1.807, 2.05) is 0 Å². The summed E-state index contributed by atoms with van der Waals surface area (Å²) in [6, 6.07) is 5.18. The van der Waals surface area contributed by atoms with Crippen molar-refractivity contribution in [2.45, 2.75) is 0 Å². The van der Waals surface area contributed by atoms with Crippen LogP contribution in [0.4, 0.5) is 4.39 Å². The fourth-order valence-electron chi connectivity index (χ4n) is 0.645. The van der Waals surface area contributed by atoms with Gasteiger partial charge in [-0.25, -0.2) is 0 Å². The van der Waals surface area contributed by atoms with E-state index >= 15 is 0 Å². The molecule has 0 unspecified atom stereocenters. The minimum atomic E-state index is -0.454. The van der Waals surface area contributed by atoms with Crippen molar-refractivity contribution in [2.75, 3.05) is 0 Å². The Bertz CT molecular complexity index is 258. The van der Waals surface area contributed by atoms with Crippen LogP contribution in [-0.4, -0.2) is 5.97 Å². The van der Waals surface area contributed by atoms with Gasteiger partial charge in [-0.3, -0.25) is 0 Å². The molecule has 4 heteroatoms. The Balaban J connectivity index is 2.90. The van der Waals surface area contributed by atoms with Crippen LogP contribution in [0, 0.1) is 5.82 Å². The van der Waals surface area contributed by atoms with E-state index in [4.69, 9.17) is 0 Å². The van der Waals surface area contributed by atoms with E-state index in [9.17, 15) is 9.18 Å². The fraction of sp³-hybridized carbons (Fsp3) is 0. The van der Waals surface area contributed by atoms with Gasteiger partial charge < -0.3 is 0 Å². The van der Waals surface area contributed by atoms with Gasteiger partial charge in [0.1, 0.15) is 0 Å². The molecule has 0 bridgehead atoms. The Morgan fingerprint density at radius 3 is 2.36 bits per heavy atom. The minimum absolute atomic E-state index is 0.355. The van der Waals surface area contributed by atoms with Crippen LogP contribution < -0.4 is 0 Å². The van der Waals surface area contributed by atoms with Crippen molar-refractivity contribution in [2.24, 2.45) is 0 Å². The SMILES string of the molecule is O=C([O][Ti])c1ccc(F)cc1. The van der Waals surface area contributed by atoms with Crippen molar-refractivity contribution < 1.29 is 33.3 Å². The van der Waals surface area contributed by atoms with Crippen molar-refractivity contribution in [1.82, 2.24) is 0 Å². The number of halogens is 1. The Morgan fingerprint density at radius 1 is 1.36 bits per heavy atom. The van der Waals surface area contributed by atoms with Crippen molar-refractivity contribution in [3.8, 4) is 0 Å². The molecule has 0 N–H and O–H groups in total. The van der Waals surface area contributed by atoms with Crippen LogP contribution in [-0.2, 0) is 24.1 Å². The molecule has 1 aromatic rings. The first kappa shape index (κ1) is 8.43. The molecule has 0 aromatic heterocycles. The average molecular weight is 187 g/mol.